The lowest BCUT2D eigenvalue weighted by atomic mass is 10.0. The van der Waals surface area contributed by atoms with E-state index in [0.717, 1.165) is 43.2 Å². The fourth-order valence-electron chi connectivity index (χ4n) is 3.49. The normalized spacial score (nSPS) is 15.4. The Hall–Kier alpha value is -2.74. The zero-order valence-corrected chi connectivity index (χ0v) is 16.2. The number of nitrogens with one attached hydrogen (secondary N) is 1. The second-order valence-corrected chi connectivity index (χ2v) is 8.95. The summed E-state index contributed by atoms with van der Waals surface area (Å²) in [7, 11) is -3.41. The van der Waals surface area contributed by atoms with Crippen molar-refractivity contribution in [3.05, 3.63) is 60.2 Å². The molecule has 1 aliphatic carbocycles. The maximum Gasteiger partial charge on any atom is 0.235 e. The van der Waals surface area contributed by atoms with Crippen LogP contribution in [-0.2, 0) is 16.4 Å². The Morgan fingerprint density at radius 1 is 1.04 bits per heavy atom. The van der Waals surface area contributed by atoms with Crippen molar-refractivity contribution in [1.82, 2.24) is 15.1 Å². The summed E-state index contributed by atoms with van der Waals surface area (Å²) in [6.45, 7) is 0. The zero-order valence-electron chi connectivity index (χ0n) is 15.4. The second kappa shape index (κ2) is 8.10. The van der Waals surface area contributed by atoms with Crippen molar-refractivity contribution in [2.24, 2.45) is 0 Å². The molecule has 0 amide bonds. The number of aromatic nitrogens is 3. The van der Waals surface area contributed by atoms with Gasteiger partial charge in [-0.3, -0.25) is 9.71 Å². The Kier molecular flexibility index (Phi) is 5.38. The molecule has 1 aromatic carbocycles. The molecule has 2 aromatic heterocycles. The van der Waals surface area contributed by atoms with Crippen LogP contribution >= 0.6 is 0 Å². The summed E-state index contributed by atoms with van der Waals surface area (Å²) in [5.41, 5.74) is 2.18. The summed E-state index contributed by atoms with van der Waals surface area (Å²) < 4.78 is 33.7. The van der Waals surface area contributed by atoms with Crippen molar-refractivity contribution in [1.29, 1.82) is 0 Å². The summed E-state index contributed by atoms with van der Waals surface area (Å²) >= 11 is 0. The van der Waals surface area contributed by atoms with E-state index in [1.54, 1.807) is 30.6 Å². The molecule has 0 atom stereocenters. The molecule has 1 fully saturated rings. The molecule has 28 heavy (non-hydrogen) atoms. The van der Waals surface area contributed by atoms with Crippen LogP contribution in [-0.4, -0.2) is 28.8 Å². The maximum absolute atomic E-state index is 12.8. The van der Waals surface area contributed by atoms with Gasteiger partial charge in [-0.1, -0.05) is 42.6 Å². The van der Waals surface area contributed by atoms with E-state index in [1.165, 1.54) is 0 Å². The summed E-state index contributed by atoms with van der Waals surface area (Å²) in [5, 5.41) is 3.68. The van der Waals surface area contributed by atoms with Crippen LogP contribution in [0.4, 0.5) is 5.69 Å². The lowest BCUT2D eigenvalue weighted by molar-refractivity contribution is 0.386. The first-order valence-corrected chi connectivity index (χ1v) is 11.0. The number of nitrogens with zero attached hydrogens (tertiary/aromatic N) is 3. The summed E-state index contributed by atoms with van der Waals surface area (Å²) in [6.07, 6.45) is 8.16. The Morgan fingerprint density at radius 2 is 1.79 bits per heavy atom. The van der Waals surface area contributed by atoms with E-state index in [0.29, 0.717) is 23.8 Å². The van der Waals surface area contributed by atoms with E-state index in [2.05, 4.69) is 19.8 Å². The standard InChI is InChI=1S/C20H22N4O3S/c25-28(26,17-7-2-1-3-8-17)24-18-9-5-4-6-16(18)14-19-22-20(23-27-19)15-10-12-21-13-11-15/h4-6,9-13,17,24H,1-3,7-8,14H2. The van der Waals surface area contributed by atoms with Crippen molar-refractivity contribution in [2.75, 3.05) is 4.72 Å². The van der Waals surface area contributed by atoms with Crippen molar-refractivity contribution in [2.45, 2.75) is 43.8 Å². The van der Waals surface area contributed by atoms with Gasteiger partial charge in [0.1, 0.15) is 0 Å². The summed E-state index contributed by atoms with van der Waals surface area (Å²) in [5.74, 6) is 0.911. The maximum atomic E-state index is 12.8. The largest absolute Gasteiger partial charge is 0.339 e. The molecule has 4 rings (SSSR count). The lowest BCUT2D eigenvalue weighted by Gasteiger charge is -2.23. The van der Waals surface area contributed by atoms with Gasteiger partial charge in [0.05, 0.1) is 17.4 Å². The fourth-order valence-corrected chi connectivity index (χ4v) is 5.12. The SMILES string of the molecule is O=S(=O)(Nc1ccccc1Cc1nc(-c2ccncc2)no1)C1CCCCC1. The van der Waals surface area contributed by atoms with Crippen LogP contribution in [0, 0.1) is 0 Å². The summed E-state index contributed by atoms with van der Waals surface area (Å²) in [4.78, 5) is 8.40. The average molecular weight is 398 g/mol. The highest BCUT2D eigenvalue weighted by Gasteiger charge is 2.27. The summed E-state index contributed by atoms with van der Waals surface area (Å²) in [6, 6.07) is 10.9. The van der Waals surface area contributed by atoms with E-state index in [1.807, 2.05) is 18.2 Å². The predicted molar refractivity (Wildman–Crippen MR) is 106 cm³/mol. The number of anilines is 1. The predicted octanol–water partition coefficient (Wildman–Crippen LogP) is 3.80. The molecule has 0 spiro atoms. The molecule has 1 N–H and O–H groups in total. The Balaban J connectivity index is 1.53. The molecule has 0 aliphatic heterocycles. The number of para-hydroxylation sites is 1. The van der Waals surface area contributed by atoms with Gasteiger partial charge < -0.3 is 4.52 Å². The second-order valence-electron chi connectivity index (χ2n) is 6.99. The first kappa shape index (κ1) is 18.6. The van der Waals surface area contributed by atoms with Crippen molar-refractivity contribution in [3.8, 4) is 11.4 Å². The molecule has 7 nitrogen and oxygen atoms in total. The molecule has 1 saturated carbocycles. The van der Waals surface area contributed by atoms with Gasteiger partial charge in [0.15, 0.2) is 0 Å². The third kappa shape index (κ3) is 4.22. The lowest BCUT2D eigenvalue weighted by Crippen LogP contribution is -2.30. The van der Waals surface area contributed by atoms with Gasteiger partial charge in [-0.2, -0.15) is 4.98 Å². The third-order valence-corrected chi connectivity index (χ3v) is 6.86. The molecule has 0 saturated heterocycles. The van der Waals surface area contributed by atoms with Crippen LogP contribution in [0.25, 0.3) is 11.4 Å². The minimum atomic E-state index is -3.41. The van der Waals surface area contributed by atoms with Gasteiger partial charge in [0.2, 0.25) is 21.7 Å². The number of hydrogen-bond donors (Lipinski definition) is 1. The van der Waals surface area contributed by atoms with Crippen LogP contribution in [0.3, 0.4) is 0 Å². The molecule has 146 valence electrons. The van der Waals surface area contributed by atoms with Crippen molar-refractivity contribution in [3.63, 3.8) is 0 Å². The number of rotatable bonds is 6. The fraction of sp³-hybridized carbons (Fsp3) is 0.350. The van der Waals surface area contributed by atoms with Crippen LogP contribution in [0.15, 0.2) is 53.3 Å². The van der Waals surface area contributed by atoms with Crippen LogP contribution < -0.4 is 4.72 Å². The molecule has 0 unspecified atom stereocenters. The zero-order chi connectivity index (χ0) is 19.4. The molecule has 2 heterocycles. The molecule has 0 radical (unpaired) electrons. The van der Waals surface area contributed by atoms with Crippen LogP contribution in [0.1, 0.15) is 43.6 Å². The highest BCUT2D eigenvalue weighted by atomic mass is 32.2. The minimum Gasteiger partial charge on any atom is -0.339 e. The van der Waals surface area contributed by atoms with E-state index < -0.39 is 10.0 Å². The highest BCUT2D eigenvalue weighted by Crippen LogP contribution is 2.27. The molecule has 0 bridgehead atoms. The molecule has 8 heteroatoms. The number of benzene rings is 1. The van der Waals surface area contributed by atoms with Crippen LogP contribution in [0.2, 0.25) is 0 Å². The molecular formula is C20H22N4O3S. The monoisotopic (exact) mass is 398 g/mol. The quantitative estimate of drug-likeness (QED) is 0.678. The Labute approximate surface area is 164 Å². The Bertz CT molecular complexity index is 1030. The highest BCUT2D eigenvalue weighted by molar-refractivity contribution is 7.93. The smallest absolute Gasteiger partial charge is 0.235 e. The Morgan fingerprint density at radius 3 is 2.57 bits per heavy atom. The van der Waals surface area contributed by atoms with E-state index in [9.17, 15) is 8.42 Å². The number of sulfonamides is 1. The van der Waals surface area contributed by atoms with Gasteiger partial charge >= 0.3 is 0 Å². The number of hydrogen-bond acceptors (Lipinski definition) is 6. The van der Waals surface area contributed by atoms with Crippen molar-refractivity contribution >= 4 is 15.7 Å². The van der Waals surface area contributed by atoms with E-state index in [4.69, 9.17) is 4.52 Å². The van der Waals surface area contributed by atoms with Gasteiger partial charge in [0, 0.05) is 18.0 Å². The van der Waals surface area contributed by atoms with Gasteiger partial charge in [-0.05, 0) is 36.6 Å². The average Bonchev–Trinajstić information content (AvgIpc) is 3.19. The van der Waals surface area contributed by atoms with E-state index in [-0.39, 0.29) is 5.25 Å². The van der Waals surface area contributed by atoms with Gasteiger partial charge in [-0.25, -0.2) is 8.42 Å². The molecule has 1 aliphatic rings. The first-order valence-electron chi connectivity index (χ1n) is 9.44. The van der Waals surface area contributed by atoms with Crippen molar-refractivity contribution < 1.29 is 12.9 Å². The topological polar surface area (TPSA) is 98.0 Å². The minimum absolute atomic E-state index is 0.323. The van der Waals surface area contributed by atoms with Gasteiger partial charge in [0.25, 0.3) is 0 Å². The van der Waals surface area contributed by atoms with Crippen LogP contribution in [0.5, 0.6) is 0 Å². The van der Waals surface area contributed by atoms with Gasteiger partial charge in [-0.15, -0.1) is 0 Å². The van der Waals surface area contributed by atoms with E-state index >= 15 is 0 Å². The number of pyridine rings is 1. The molecule has 3 aromatic rings. The third-order valence-electron chi connectivity index (χ3n) is 5.01. The molecular weight excluding hydrogens is 376 g/mol. The first-order chi connectivity index (χ1) is 13.6.